The Hall–Kier alpha value is -2.17. The van der Waals surface area contributed by atoms with E-state index in [0.717, 1.165) is 31.1 Å². The molecule has 0 atom stereocenters. The van der Waals surface area contributed by atoms with Gasteiger partial charge in [-0.05, 0) is 18.9 Å². The minimum atomic E-state index is -0.201. The molecular weight excluding hydrogens is 266 g/mol. The van der Waals surface area contributed by atoms with Crippen LogP contribution in [0.3, 0.4) is 0 Å². The van der Waals surface area contributed by atoms with Crippen molar-refractivity contribution in [3.8, 4) is 0 Å². The molecule has 1 aromatic heterocycles. The molecule has 21 heavy (non-hydrogen) atoms. The maximum Gasteiger partial charge on any atom is 0.272 e. The number of rotatable bonds is 3. The average Bonchev–Trinajstić information content (AvgIpc) is 2.55. The highest BCUT2D eigenvalue weighted by Crippen LogP contribution is 2.23. The molecule has 2 N–H and O–H groups in total. The van der Waals surface area contributed by atoms with Gasteiger partial charge in [0.05, 0.1) is 17.6 Å². The van der Waals surface area contributed by atoms with Crippen LogP contribution in [0.25, 0.3) is 10.8 Å². The fourth-order valence-electron chi connectivity index (χ4n) is 2.99. The number of H-pyrrole nitrogens is 1. The molecule has 1 fully saturated rings. The Morgan fingerprint density at radius 2 is 1.90 bits per heavy atom. The molecule has 1 amide bonds. The van der Waals surface area contributed by atoms with Gasteiger partial charge in [-0.3, -0.25) is 9.59 Å². The number of hydrogen-bond acceptors (Lipinski definition) is 3. The Balaban J connectivity index is 1.75. The lowest BCUT2D eigenvalue weighted by molar-refractivity contribution is -0.126. The molecule has 0 radical (unpaired) electrons. The van der Waals surface area contributed by atoms with E-state index in [1.165, 1.54) is 6.42 Å². The van der Waals surface area contributed by atoms with Crippen molar-refractivity contribution < 1.29 is 4.79 Å². The third-order valence-electron chi connectivity index (χ3n) is 4.18. The molecule has 5 nitrogen and oxygen atoms in total. The smallest absolute Gasteiger partial charge is 0.272 e. The van der Waals surface area contributed by atoms with Crippen molar-refractivity contribution in [1.29, 1.82) is 0 Å². The fraction of sp³-hybridized carbons (Fsp3) is 0.438. The van der Waals surface area contributed by atoms with Gasteiger partial charge in [-0.2, -0.15) is 5.10 Å². The van der Waals surface area contributed by atoms with Crippen LogP contribution in [0, 0.1) is 5.92 Å². The largest absolute Gasteiger partial charge is 0.350 e. The maximum atomic E-state index is 12.2. The average molecular weight is 285 g/mol. The van der Waals surface area contributed by atoms with Gasteiger partial charge in [0.2, 0.25) is 5.91 Å². The van der Waals surface area contributed by atoms with Crippen LogP contribution >= 0.6 is 0 Å². The second kappa shape index (κ2) is 6.08. The normalized spacial score (nSPS) is 16.0. The quantitative estimate of drug-likeness (QED) is 0.907. The second-order valence-corrected chi connectivity index (χ2v) is 5.60. The molecule has 0 spiro atoms. The van der Waals surface area contributed by atoms with Gasteiger partial charge < -0.3 is 5.32 Å². The summed E-state index contributed by atoms with van der Waals surface area (Å²) in [4.78, 5) is 23.9. The number of carbonyl (C=O) groups is 1. The summed E-state index contributed by atoms with van der Waals surface area (Å²) in [6.07, 6.45) is 5.46. The first-order valence-electron chi connectivity index (χ1n) is 7.50. The zero-order chi connectivity index (χ0) is 14.7. The summed E-state index contributed by atoms with van der Waals surface area (Å²) in [5, 5.41) is 10.9. The molecule has 110 valence electrons. The highest BCUT2D eigenvalue weighted by molar-refractivity contribution is 5.84. The minimum Gasteiger partial charge on any atom is -0.350 e. The number of hydrogen-bond donors (Lipinski definition) is 2. The zero-order valence-electron chi connectivity index (χ0n) is 11.9. The van der Waals surface area contributed by atoms with Crippen molar-refractivity contribution in [3.63, 3.8) is 0 Å². The predicted octanol–water partition coefficient (Wildman–Crippen LogP) is 2.12. The summed E-state index contributed by atoms with van der Waals surface area (Å²) in [6, 6.07) is 7.32. The molecule has 3 rings (SSSR count). The molecule has 1 aliphatic rings. The third-order valence-corrected chi connectivity index (χ3v) is 4.18. The van der Waals surface area contributed by atoms with Gasteiger partial charge in [0.15, 0.2) is 0 Å². The third kappa shape index (κ3) is 2.96. The van der Waals surface area contributed by atoms with Crippen LogP contribution in [0.2, 0.25) is 0 Å². The van der Waals surface area contributed by atoms with E-state index in [2.05, 4.69) is 15.5 Å². The summed E-state index contributed by atoms with van der Waals surface area (Å²) in [6.45, 7) is 0.354. The molecule has 0 unspecified atom stereocenters. The van der Waals surface area contributed by atoms with E-state index in [1.807, 2.05) is 18.2 Å². The number of nitrogens with zero attached hydrogens (tertiary/aromatic N) is 1. The molecule has 1 aliphatic carbocycles. The van der Waals surface area contributed by atoms with E-state index >= 15 is 0 Å². The first-order valence-corrected chi connectivity index (χ1v) is 7.50. The molecule has 0 saturated heterocycles. The predicted molar refractivity (Wildman–Crippen MR) is 80.8 cm³/mol. The molecular formula is C16H19N3O2. The van der Waals surface area contributed by atoms with Gasteiger partial charge >= 0.3 is 0 Å². The number of carbonyl (C=O) groups excluding carboxylic acids is 1. The van der Waals surface area contributed by atoms with Crippen molar-refractivity contribution in [3.05, 3.63) is 40.3 Å². The number of benzene rings is 1. The van der Waals surface area contributed by atoms with Gasteiger partial charge in [-0.1, -0.05) is 37.5 Å². The maximum absolute atomic E-state index is 12.2. The topological polar surface area (TPSA) is 74.8 Å². The Morgan fingerprint density at radius 3 is 2.67 bits per heavy atom. The lowest BCUT2D eigenvalue weighted by Gasteiger charge is -2.20. The number of aromatic amines is 1. The van der Waals surface area contributed by atoms with Crippen LogP contribution in [-0.2, 0) is 11.3 Å². The summed E-state index contributed by atoms with van der Waals surface area (Å²) in [5.74, 6) is 0.236. The van der Waals surface area contributed by atoms with Crippen LogP contribution < -0.4 is 10.9 Å². The SMILES string of the molecule is O=C(NCc1n[nH]c(=O)c2ccccc12)C1CCCCC1. The lowest BCUT2D eigenvalue weighted by atomic mass is 9.88. The van der Waals surface area contributed by atoms with Crippen LogP contribution in [-0.4, -0.2) is 16.1 Å². The highest BCUT2D eigenvalue weighted by Gasteiger charge is 2.21. The standard InChI is InChI=1S/C16H19N3O2/c20-15(11-6-2-1-3-7-11)17-10-14-12-8-4-5-9-13(12)16(21)19-18-14/h4-5,8-9,11H,1-3,6-7,10H2,(H,17,20)(H,19,21). The minimum absolute atomic E-state index is 0.104. The van der Waals surface area contributed by atoms with E-state index in [1.54, 1.807) is 6.07 Å². The fourth-order valence-corrected chi connectivity index (χ4v) is 2.99. The van der Waals surface area contributed by atoms with Crippen LogP contribution in [0.5, 0.6) is 0 Å². The number of amides is 1. The molecule has 1 heterocycles. The van der Waals surface area contributed by atoms with Crippen molar-refractivity contribution in [2.45, 2.75) is 38.6 Å². The molecule has 1 saturated carbocycles. The number of fused-ring (bicyclic) bond motifs is 1. The van der Waals surface area contributed by atoms with E-state index in [4.69, 9.17) is 0 Å². The summed E-state index contributed by atoms with van der Waals surface area (Å²) < 4.78 is 0. The Kier molecular flexibility index (Phi) is 3.99. The van der Waals surface area contributed by atoms with E-state index in [0.29, 0.717) is 17.6 Å². The van der Waals surface area contributed by atoms with Gasteiger partial charge in [-0.15, -0.1) is 0 Å². The van der Waals surface area contributed by atoms with Gasteiger partial charge in [0, 0.05) is 11.3 Å². The molecule has 0 bridgehead atoms. The number of aromatic nitrogens is 2. The van der Waals surface area contributed by atoms with Gasteiger partial charge in [0.25, 0.3) is 5.56 Å². The van der Waals surface area contributed by atoms with Crippen molar-refractivity contribution in [1.82, 2.24) is 15.5 Å². The van der Waals surface area contributed by atoms with Crippen LogP contribution in [0.4, 0.5) is 0 Å². The lowest BCUT2D eigenvalue weighted by Crippen LogP contribution is -2.32. The van der Waals surface area contributed by atoms with Gasteiger partial charge in [0.1, 0.15) is 0 Å². The highest BCUT2D eigenvalue weighted by atomic mass is 16.2. The van der Waals surface area contributed by atoms with Gasteiger partial charge in [-0.25, -0.2) is 5.10 Å². The van der Waals surface area contributed by atoms with Crippen LogP contribution in [0.15, 0.2) is 29.1 Å². The van der Waals surface area contributed by atoms with E-state index < -0.39 is 0 Å². The van der Waals surface area contributed by atoms with E-state index in [9.17, 15) is 9.59 Å². The summed E-state index contributed by atoms with van der Waals surface area (Å²) >= 11 is 0. The molecule has 2 aromatic rings. The van der Waals surface area contributed by atoms with Crippen LogP contribution in [0.1, 0.15) is 37.8 Å². The number of nitrogens with one attached hydrogen (secondary N) is 2. The van der Waals surface area contributed by atoms with Crippen molar-refractivity contribution >= 4 is 16.7 Å². The molecule has 0 aliphatic heterocycles. The molecule has 5 heteroatoms. The van der Waals surface area contributed by atoms with E-state index in [-0.39, 0.29) is 17.4 Å². The van der Waals surface area contributed by atoms with Crippen molar-refractivity contribution in [2.24, 2.45) is 5.92 Å². The Bertz CT molecular complexity index is 702. The Morgan fingerprint density at radius 1 is 1.19 bits per heavy atom. The summed E-state index contributed by atoms with van der Waals surface area (Å²) in [5.41, 5.74) is 0.502. The first kappa shape index (κ1) is 13.8. The summed E-state index contributed by atoms with van der Waals surface area (Å²) in [7, 11) is 0. The van der Waals surface area contributed by atoms with Crippen molar-refractivity contribution in [2.75, 3.05) is 0 Å². The zero-order valence-corrected chi connectivity index (χ0v) is 11.9. The second-order valence-electron chi connectivity index (χ2n) is 5.60. The monoisotopic (exact) mass is 285 g/mol. The Labute approximate surface area is 122 Å². The first-order chi connectivity index (χ1) is 10.3. The molecule has 1 aromatic carbocycles.